The summed E-state index contributed by atoms with van der Waals surface area (Å²) in [7, 11) is 0. The first kappa shape index (κ1) is 19.7. The first-order chi connectivity index (χ1) is 13.8. The summed E-state index contributed by atoms with van der Waals surface area (Å²) in [5.74, 6) is 0.328. The molecule has 0 saturated heterocycles. The fraction of sp³-hybridized carbons (Fsp3) is 0.333. The number of carbonyl (C=O) groups is 1. The van der Waals surface area contributed by atoms with Gasteiger partial charge in [-0.1, -0.05) is 56.6 Å². The predicted octanol–water partition coefficient (Wildman–Crippen LogP) is 5.83. The lowest BCUT2D eigenvalue weighted by atomic mass is 9.95. The van der Waals surface area contributed by atoms with Crippen LogP contribution in [-0.2, 0) is 0 Å². The van der Waals surface area contributed by atoms with Gasteiger partial charge < -0.3 is 9.32 Å². The molecular weight excluding hydrogens is 386 g/mol. The molecule has 2 heterocycles. The number of rotatable bonds is 4. The highest BCUT2D eigenvalue weighted by molar-refractivity contribution is 6.32. The molecule has 2 aromatic carbocycles. The maximum Gasteiger partial charge on any atom is 0.290 e. The largest absolute Gasteiger partial charge is 0.450 e. The lowest BCUT2D eigenvalue weighted by molar-refractivity contribution is 0.0728. The van der Waals surface area contributed by atoms with Crippen LogP contribution < -0.4 is 5.43 Å². The highest BCUT2D eigenvalue weighted by Gasteiger charge is 2.42. The molecule has 0 fully saturated rings. The lowest BCUT2D eigenvalue weighted by Gasteiger charge is -2.25. The molecule has 3 aromatic rings. The summed E-state index contributed by atoms with van der Waals surface area (Å²) in [5, 5.41) is 0.923. The van der Waals surface area contributed by atoms with E-state index in [1.807, 2.05) is 26.0 Å². The molecule has 1 unspecified atom stereocenters. The van der Waals surface area contributed by atoms with E-state index in [9.17, 15) is 9.59 Å². The van der Waals surface area contributed by atoms with Gasteiger partial charge in [0.2, 0.25) is 5.76 Å². The maximum absolute atomic E-state index is 13.4. The second-order valence-corrected chi connectivity index (χ2v) is 8.40. The van der Waals surface area contributed by atoms with Crippen LogP contribution in [0.1, 0.15) is 72.0 Å². The normalized spacial score (nSPS) is 16.1. The summed E-state index contributed by atoms with van der Waals surface area (Å²) in [6.45, 7) is 8.69. The maximum atomic E-state index is 13.4. The van der Waals surface area contributed by atoms with Crippen molar-refractivity contribution in [1.29, 1.82) is 0 Å². The van der Waals surface area contributed by atoms with Gasteiger partial charge in [0.1, 0.15) is 5.58 Å². The predicted molar refractivity (Wildman–Crippen MR) is 116 cm³/mol. The van der Waals surface area contributed by atoms with Crippen molar-refractivity contribution in [2.24, 2.45) is 0 Å². The fourth-order valence-electron chi connectivity index (χ4n) is 4.02. The van der Waals surface area contributed by atoms with E-state index < -0.39 is 6.04 Å². The Balaban J connectivity index is 1.96. The fourth-order valence-corrected chi connectivity index (χ4v) is 4.19. The summed E-state index contributed by atoms with van der Waals surface area (Å²) in [5.41, 5.74) is 3.56. The molecule has 0 bridgehead atoms. The summed E-state index contributed by atoms with van der Waals surface area (Å²) >= 11 is 6.26. The van der Waals surface area contributed by atoms with E-state index in [1.165, 1.54) is 5.56 Å². The topological polar surface area (TPSA) is 50.5 Å². The molecule has 150 valence electrons. The number of halogens is 1. The van der Waals surface area contributed by atoms with E-state index in [4.69, 9.17) is 16.0 Å². The molecular formula is C24H24ClNO3. The Hall–Kier alpha value is -2.59. The second-order valence-electron chi connectivity index (χ2n) is 7.99. The number of hydrogen-bond acceptors (Lipinski definition) is 3. The van der Waals surface area contributed by atoms with Crippen LogP contribution in [0, 0.1) is 6.92 Å². The van der Waals surface area contributed by atoms with Crippen molar-refractivity contribution in [1.82, 2.24) is 4.90 Å². The molecule has 0 spiro atoms. The first-order valence-corrected chi connectivity index (χ1v) is 10.4. The van der Waals surface area contributed by atoms with Crippen LogP contribution >= 0.6 is 11.6 Å². The number of benzene rings is 2. The number of aryl methyl sites for hydroxylation is 1. The Bertz CT molecular complexity index is 1160. The Kier molecular flexibility index (Phi) is 4.99. The van der Waals surface area contributed by atoms with Gasteiger partial charge in [0, 0.05) is 11.6 Å². The van der Waals surface area contributed by atoms with Gasteiger partial charge in [-0.3, -0.25) is 9.59 Å². The van der Waals surface area contributed by atoms with Crippen LogP contribution in [-0.4, -0.2) is 17.4 Å². The van der Waals surface area contributed by atoms with Crippen molar-refractivity contribution in [3.8, 4) is 0 Å². The molecule has 5 heteroatoms. The van der Waals surface area contributed by atoms with Crippen LogP contribution in [0.2, 0.25) is 5.02 Å². The molecule has 0 radical (unpaired) electrons. The molecule has 1 aliphatic heterocycles. The SMILES string of the molecule is CCCN1C(=O)c2oc3cc(C)c(Cl)cc3c(=O)c2C1c1ccc(C(C)C)cc1. The van der Waals surface area contributed by atoms with E-state index in [0.29, 0.717) is 34.0 Å². The van der Waals surface area contributed by atoms with Crippen molar-refractivity contribution in [2.45, 2.75) is 46.1 Å². The standard InChI is InChI=1S/C24H24ClNO3/c1-5-10-26-21(16-8-6-15(7-9-16)13(2)3)20-22(27)17-12-18(25)14(4)11-19(17)29-23(20)24(26)28/h6-9,11-13,21H,5,10H2,1-4H3. The van der Waals surface area contributed by atoms with Gasteiger partial charge in [-0.05, 0) is 48.1 Å². The number of hydrogen-bond donors (Lipinski definition) is 0. The van der Waals surface area contributed by atoms with E-state index >= 15 is 0 Å². The van der Waals surface area contributed by atoms with Gasteiger partial charge in [-0.25, -0.2) is 0 Å². The summed E-state index contributed by atoms with van der Waals surface area (Å²) in [6.07, 6.45) is 0.791. The second kappa shape index (κ2) is 7.34. The lowest BCUT2D eigenvalue weighted by Crippen LogP contribution is -2.30. The molecule has 1 amide bonds. The van der Waals surface area contributed by atoms with Gasteiger partial charge >= 0.3 is 0 Å². The molecule has 29 heavy (non-hydrogen) atoms. The summed E-state index contributed by atoms with van der Waals surface area (Å²) in [4.78, 5) is 28.3. The van der Waals surface area contributed by atoms with Gasteiger partial charge in [0.25, 0.3) is 5.91 Å². The smallest absolute Gasteiger partial charge is 0.290 e. The number of fused-ring (bicyclic) bond motifs is 2. The Morgan fingerprint density at radius 3 is 2.45 bits per heavy atom. The monoisotopic (exact) mass is 409 g/mol. The van der Waals surface area contributed by atoms with Crippen LogP contribution in [0.3, 0.4) is 0 Å². The minimum atomic E-state index is -0.445. The zero-order chi connectivity index (χ0) is 20.9. The number of amides is 1. The van der Waals surface area contributed by atoms with Gasteiger partial charge in [-0.2, -0.15) is 0 Å². The average molecular weight is 410 g/mol. The third-order valence-electron chi connectivity index (χ3n) is 5.63. The third kappa shape index (κ3) is 3.16. The Morgan fingerprint density at radius 1 is 1.14 bits per heavy atom. The highest BCUT2D eigenvalue weighted by Crippen LogP contribution is 2.39. The first-order valence-electron chi connectivity index (χ1n) is 10.0. The molecule has 4 rings (SSSR count). The van der Waals surface area contributed by atoms with E-state index in [2.05, 4.69) is 26.0 Å². The zero-order valence-corrected chi connectivity index (χ0v) is 17.8. The van der Waals surface area contributed by atoms with Crippen molar-refractivity contribution in [2.75, 3.05) is 6.54 Å². The average Bonchev–Trinajstić information content (AvgIpc) is 2.96. The molecule has 1 aliphatic rings. The molecule has 0 N–H and O–H groups in total. The zero-order valence-electron chi connectivity index (χ0n) is 17.1. The van der Waals surface area contributed by atoms with Gasteiger partial charge in [0.15, 0.2) is 5.43 Å². The Labute approximate surface area is 175 Å². The van der Waals surface area contributed by atoms with Crippen molar-refractivity contribution in [3.63, 3.8) is 0 Å². The van der Waals surface area contributed by atoms with Crippen LogP contribution in [0.4, 0.5) is 0 Å². The quantitative estimate of drug-likeness (QED) is 0.544. The van der Waals surface area contributed by atoms with Crippen molar-refractivity contribution >= 4 is 28.5 Å². The van der Waals surface area contributed by atoms with Gasteiger partial charge in [-0.15, -0.1) is 0 Å². The molecule has 4 nitrogen and oxygen atoms in total. The molecule has 1 atom stereocenters. The van der Waals surface area contributed by atoms with Crippen LogP contribution in [0.25, 0.3) is 11.0 Å². The molecule has 0 saturated carbocycles. The highest BCUT2D eigenvalue weighted by atomic mass is 35.5. The molecule has 0 aliphatic carbocycles. The van der Waals surface area contributed by atoms with Crippen LogP contribution in [0.5, 0.6) is 0 Å². The summed E-state index contributed by atoms with van der Waals surface area (Å²) in [6, 6.07) is 11.1. The Morgan fingerprint density at radius 2 is 1.83 bits per heavy atom. The minimum Gasteiger partial charge on any atom is -0.450 e. The van der Waals surface area contributed by atoms with Gasteiger partial charge in [0.05, 0.1) is 17.0 Å². The number of carbonyl (C=O) groups excluding carboxylic acids is 1. The third-order valence-corrected chi connectivity index (χ3v) is 6.04. The van der Waals surface area contributed by atoms with Crippen molar-refractivity contribution in [3.05, 3.63) is 79.7 Å². The summed E-state index contributed by atoms with van der Waals surface area (Å²) < 4.78 is 5.97. The van der Waals surface area contributed by atoms with E-state index in [1.54, 1.807) is 17.0 Å². The minimum absolute atomic E-state index is 0.149. The van der Waals surface area contributed by atoms with Crippen LogP contribution in [0.15, 0.2) is 45.6 Å². The van der Waals surface area contributed by atoms with Crippen molar-refractivity contribution < 1.29 is 9.21 Å². The van der Waals surface area contributed by atoms with E-state index in [-0.39, 0.29) is 17.1 Å². The number of nitrogens with zero attached hydrogens (tertiary/aromatic N) is 1. The molecule has 1 aromatic heterocycles. The van der Waals surface area contributed by atoms with E-state index in [0.717, 1.165) is 17.5 Å².